The molecule has 1 saturated heterocycles. The number of nitrogens with zero attached hydrogens (tertiary/aromatic N) is 2. The van der Waals surface area contributed by atoms with E-state index in [9.17, 15) is 0 Å². The molecule has 2 fully saturated rings. The van der Waals surface area contributed by atoms with Crippen LogP contribution in [0.5, 0.6) is 0 Å². The molecule has 0 aromatic carbocycles. The minimum Gasteiger partial charge on any atom is -0.368 e. The van der Waals surface area contributed by atoms with Gasteiger partial charge in [0.15, 0.2) is 0 Å². The lowest BCUT2D eigenvalue weighted by molar-refractivity contribution is 0.391. The summed E-state index contributed by atoms with van der Waals surface area (Å²) >= 11 is 2.17. The van der Waals surface area contributed by atoms with Gasteiger partial charge >= 0.3 is 0 Å². The zero-order valence-electron chi connectivity index (χ0n) is 9.69. The largest absolute Gasteiger partial charge is 0.368 e. The molecule has 3 unspecified atom stereocenters. The number of aromatic nitrogens is 2. The maximum atomic E-state index is 4.14. The highest BCUT2D eigenvalue weighted by atomic mass is 127. The normalized spacial score (nSPS) is 31.5. The van der Waals surface area contributed by atoms with Crippen molar-refractivity contribution in [2.24, 2.45) is 17.8 Å². The molecule has 92 valence electrons. The van der Waals surface area contributed by atoms with E-state index in [1.165, 1.54) is 25.9 Å². The lowest BCUT2D eigenvalue weighted by atomic mass is 9.92. The van der Waals surface area contributed by atoms with Crippen LogP contribution in [0.15, 0.2) is 12.1 Å². The van der Waals surface area contributed by atoms with Gasteiger partial charge in [-0.25, -0.2) is 0 Å². The number of anilines is 1. The lowest BCUT2D eigenvalue weighted by Gasteiger charge is -2.18. The van der Waals surface area contributed by atoms with Crippen LogP contribution in [0.4, 0.5) is 5.82 Å². The molecule has 1 aromatic rings. The topological polar surface area (TPSA) is 49.8 Å². The average molecular weight is 344 g/mol. The fraction of sp³-hybridized carbons (Fsp3) is 0.667. The Labute approximate surface area is 115 Å². The summed E-state index contributed by atoms with van der Waals surface area (Å²) in [6.07, 6.45) is 2.75. The van der Waals surface area contributed by atoms with Crippen LogP contribution < -0.4 is 10.6 Å². The van der Waals surface area contributed by atoms with Crippen molar-refractivity contribution in [3.05, 3.63) is 15.8 Å². The Morgan fingerprint density at radius 1 is 1.29 bits per heavy atom. The first-order chi connectivity index (χ1) is 8.33. The maximum absolute atomic E-state index is 4.14. The Bertz CT molecular complexity index is 381. The lowest BCUT2D eigenvalue weighted by Crippen LogP contribution is -2.23. The molecule has 0 radical (unpaired) electrons. The van der Waals surface area contributed by atoms with Gasteiger partial charge in [0, 0.05) is 6.54 Å². The average Bonchev–Trinajstić information content (AvgIpc) is 2.91. The van der Waals surface area contributed by atoms with Crippen LogP contribution in [0.3, 0.4) is 0 Å². The second-order valence-electron chi connectivity index (χ2n) is 5.04. The second-order valence-corrected chi connectivity index (χ2v) is 6.15. The zero-order valence-corrected chi connectivity index (χ0v) is 11.9. The smallest absolute Gasteiger partial charge is 0.148 e. The van der Waals surface area contributed by atoms with Gasteiger partial charge in [-0.2, -0.15) is 0 Å². The van der Waals surface area contributed by atoms with Crippen molar-refractivity contribution in [3.63, 3.8) is 0 Å². The van der Waals surface area contributed by atoms with Gasteiger partial charge in [-0.1, -0.05) is 0 Å². The molecule has 1 saturated carbocycles. The number of halogens is 1. The summed E-state index contributed by atoms with van der Waals surface area (Å²) in [5, 5.41) is 15.1. The van der Waals surface area contributed by atoms with Crippen LogP contribution in [0.1, 0.15) is 12.8 Å². The van der Waals surface area contributed by atoms with Crippen LogP contribution in [0.2, 0.25) is 0 Å². The molecule has 1 aliphatic heterocycles. The van der Waals surface area contributed by atoms with Gasteiger partial charge in [-0.3, -0.25) is 0 Å². The molecule has 3 rings (SSSR count). The van der Waals surface area contributed by atoms with Gasteiger partial charge in [0.25, 0.3) is 0 Å². The molecule has 17 heavy (non-hydrogen) atoms. The van der Waals surface area contributed by atoms with Crippen LogP contribution in [0, 0.1) is 21.5 Å². The van der Waals surface area contributed by atoms with Gasteiger partial charge in [-0.15, -0.1) is 10.2 Å². The molecule has 0 spiro atoms. The van der Waals surface area contributed by atoms with Crippen molar-refractivity contribution in [2.45, 2.75) is 12.8 Å². The quantitative estimate of drug-likeness (QED) is 0.821. The van der Waals surface area contributed by atoms with Crippen LogP contribution in [0.25, 0.3) is 0 Å². The van der Waals surface area contributed by atoms with E-state index in [1.54, 1.807) is 0 Å². The predicted octanol–water partition coefficient (Wildman–Crippen LogP) is 1.74. The van der Waals surface area contributed by atoms with E-state index in [4.69, 9.17) is 0 Å². The van der Waals surface area contributed by atoms with E-state index >= 15 is 0 Å². The highest BCUT2D eigenvalue weighted by Gasteiger charge is 2.38. The Balaban J connectivity index is 1.56. The third kappa shape index (κ3) is 2.54. The first-order valence-electron chi connectivity index (χ1n) is 6.27. The number of nitrogens with one attached hydrogen (secondary N) is 2. The molecular formula is C12H17IN4. The molecule has 2 aliphatic rings. The number of fused-ring (bicyclic) bond motifs is 1. The highest BCUT2D eigenvalue weighted by molar-refractivity contribution is 14.1. The number of hydrogen-bond acceptors (Lipinski definition) is 4. The van der Waals surface area contributed by atoms with E-state index < -0.39 is 0 Å². The molecule has 3 atom stereocenters. The van der Waals surface area contributed by atoms with Crippen molar-refractivity contribution in [2.75, 3.05) is 25.0 Å². The van der Waals surface area contributed by atoms with Crippen molar-refractivity contribution in [1.29, 1.82) is 0 Å². The number of hydrogen-bond donors (Lipinski definition) is 2. The van der Waals surface area contributed by atoms with Crippen molar-refractivity contribution in [1.82, 2.24) is 15.5 Å². The fourth-order valence-electron chi connectivity index (χ4n) is 3.16. The van der Waals surface area contributed by atoms with Crippen molar-refractivity contribution >= 4 is 28.4 Å². The Kier molecular flexibility index (Phi) is 3.46. The third-order valence-electron chi connectivity index (χ3n) is 4.08. The summed E-state index contributed by atoms with van der Waals surface area (Å²) in [7, 11) is 0. The van der Waals surface area contributed by atoms with Crippen molar-refractivity contribution < 1.29 is 0 Å². The third-order valence-corrected chi connectivity index (χ3v) is 4.66. The van der Waals surface area contributed by atoms with E-state index in [0.717, 1.165) is 33.8 Å². The minimum atomic E-state index is 0.802. The molecule has 0 amide bonds. The monoisotopic (exact) mass is 344 g/mol. The molecule has 0 bridgehead atoms. The first-order valence-corrected chi connectivity index (χ1v) is 7.34. The Morgan fingerprint density at radius 2 is 2.24 bits per heavy atom. The Morgan fingerprint density at radius 3 is 3.06 bits per heavy atom. The standard InChI is InChI=1S/C12H17IN4/c13-11-3-4-12(17-16-11)15-6-9-2-1-8-5-14-7-10(8)9/h3-4,8-10,14H,1-2,5-7H2,(H,15,17). The molecule has 5 heteroatoms. The molecule has 2 N–H and O–H groups in total. The van der Waals surface area contributed by atoms with Crippen LogP contribution in [-0.2, 0) is 0 Å². The summed E-state index contributed by atoms with van der Waals surface area (Å²) in [4.78, 5) is 0. The second kappa shape index (κ2) is 5.06. The van der Waals surface area contributed by atoms with E-state index in [2.05, 4.69) is 43.4 Å². The van der Waals surface area contributed by atoms with E-state index in [1.807, 2.05) is 12.1 Å². The van der Waals surface area contributed by atoms with Gasteiger partial charge in [0.2, 0.25) is 0 Å². The highest BCUT2D eigenvalue weighted by Crippen LogP contribution is 2.39. The maximum Gasteiger partial charge on any atom is 0.148 e. The predicted molar refractivity (Wildman–Crippen MR) is 75.8 cm³/mol. The van der Waals surface area contributed by atoms with Gasteiger partial charge in [-0.05, 0) is 78.4 Å². The fourth-order valence-corrected chi connectivity index (χ4v) is 3.45. The van der Waals surface area contributed by atoms with Gasteiger partial charge in [0.05, 0.1) is 0 Å². The molecule has 1 aromatic heterocycles. The summed E-state index contributed by atoms with van der Waals surface area (Å²) in [6.45, 7) is 3.47. The van der Waals surface area contributed by atoms with Crippen LogP contribution in [-0.4, -0.2) is 29.8 Å². The summed E-state index contributed by atoms with van der Waals surface area (Å²) in [6, 6.07) is 4.00. The zero-order chi connectivity index (χ0) is 11.7. The molecule has 2 heterocycles. The van der Waals surface area contributed by atoms with E-state index in [-0.39, 0.29) is 0 Å². The van der Waals surface area contributed by atoms with Gasteiger partial charge < -0.3 is 10.6 Å². The van der Waals surface area contributed by atoms with Gasteiger partial charge in [0.1, 0.15) is 9.52 Å². The van der Waals surface area contributed by atoms with Crippen molar-refractivity contribution in [3.8, 4) is 0 Å². The number of rotatable bonds is 3. The minimum absolute atomic E-state index is 0.802. The van der Waals surface area contributed by atoms with E-state index in [0.29, 0.717) is 0 Å². The Hall–Kier alpha value is -0.430. The summed E-state index contributed by atoms with van der Waals surface area (Å²) in [5.74, 6) is 3.50. The molecule has 1 aliphatic carbocycles. The molecule has 4 nitrogen and oxygen atoms in total. The first kappa shape index (κ1) is 11.6. The van der Waals surface area contributed by atoms with Crippen LogP contribution >= 0.6 is 22.6 Å². The summed E-state index contributed by atoms with van der Waals surface area (Å²) in [5.41, 5.74) is 0. The molecular weight excluding hydrogens is 327 g/mol. The summed E-state index contributed by atoms with van der Waals surface area (Å²) < 4.78 is 0.939. The SMILES string of the molecule is Ic1ccc(NCC2CCC3CNCC32)nn1.